The summed E-state index contributed by atoms with van der Waals surface area (Å²) < 4.78 is 39.6. The van der Waals surface area contributed by atoms with Crippen LogP contribution in [0.1, 0.15) is 32.0 Å². The Hall–Kier alpha value is -3.69. The maximum absolute atomic E-state index is 13.1. The summed E-state index contributed by atoms with van der Waals surface area (Å²) >= 11 is 1.42. The molecule has 3 heterocycles. The van der Waals surface area contributed by atoms with Crippen LogP contribution in [-0.2, 0) is 6.18 Å². The van der Waals surface area contributed by atoms with E-state index in [2.05, 4.69) is 5.32 Å². The minimum absolute atomic E-state index is 0.0161. The molecule has 2 saturated heterocycles. The van der Waals surface area contributed by atoms with Gasteiger partial charge in [0.05, 0.1) is 10.4 Å². The SMILES string of the molecule is O=C(c1ccccc1)N1CC[C@H](NC2CN(C(=O)c3cc4cc(-c5ccc(C(F)(F)F)cc5)ccc4s3)C2)C1. The molecule has 0 aliphatic carbocycles. The average molecular weight is 550 g/mol. The van der Waals surface area contributed by atoms with Crippen LogP contribution in [0.25, 0.3) is 21.2 Å². The van der Waals surface area contributed by atoms with Crippen molar-refractivity contribution in [2.45, 2.75) is 24.7 Å². The number of likely N-dealkylation sites (tertiary alicyclic amines) is 2. The molecular formula is C30H26F3N3O2S. The molecule has 4 aromatic rings. The topological polar surface area (TPSA) is 52.7 Å². The number of alkyl halides is 3. The molecule has 2 amide bonds. The van der Waals surface area contributed by atoms with Crippen LogP contribution < -0.4 is 5.32 Å². The summed E-state index contributed by atoms with van der Waals surface area (Å²) in [6.07, 6.45) is -3.48. The second kappa shape index (κ2) is 10.1. The van der Waals surface area contributed by atoms with Crippen molar-refractivity contribution < 1.29 is 22.8 Å². The standard InChI is InChI=1S/C30H26F3N3O2S/c31-30(32,33)23-9-6-19(7-10-23)21-8-11-26-22(14-21)15-27(39-26)29(38)36-17-25(18-36)34-24-12-13-35(16-24)28(37)20-4-2-1-3-5-20/h1-11,14-15,24-25,34H,12-13,16-18H2/t24-/m0/s1. The van der Waals surface area contributed by atoms with Crippen molar-refractivity contribution in [1.29, 1.82) is 0 Å². The Morgan fingerprint density at radius 2 is 1.49 bits per heavy atom. The van der Waals surface area contributed by atoms with Crippen LogP contribution in [0.15, 0.2) is 78.9 Å². The maximum Gasteiger partial charge on any atom is 0.416 e. The van der Waals surface area contributed by atoms with E-state index >= 15 is 0 Å². The quantitative estimate of drug-likeness (QED) is 0.337. The first-order chi connectivity index (χ1) is 18.7. The van der Waals surface area contributed by atoms with Gasteiger partial charge in [0.25, 0.3) is 11.8 Å². The third-order valence-electron chi connectivity index (χ3n) is 7.41. The van der Waals surface area contributed by atoms with Crippen molar-refractivity contribution in [1.82, 2.24) is 15.1 Å². The van der Waals surface area contributed by atoms with Crippen molar-refractivity contribution in [2.24, 2.45) is 0 Å². The monoisotopic (exact) mass is 549 g/mol. The highest BCUT2D eigenvalue weighted by molar-refractivity contribution is 7.20. The fraction of sp³-hybridized carbons (Fsp3) is 0.267. The molecule has 0 saturated carbocycles. The first-order valence-electron chi connectivity index (χ1n) is 12.9. The average Bonchev–Trinajstić information content (AvgIpc) is 3.56. The predicted octanol–water partition coefficient (Wildman–Crippen LogP) is 5.92. The lowest BCUT2D eigenvalue weighted by atomic mass is 10.0. The minimum Gasteiger partial charge on any atom is -0.337 e. The van der Waals surface area contributed by atoms with Gasteiger partial charge in [0.2, 0.25) is 0 Å². The van der Waals surface area contributed by atoms with Crippen LogP contribution in [0.4, 0.5) is 13.2 Å². The van der Waals surface area contributed by atoms with Crippen molar-refractivity contribution in [2.75, 3.05) is 26.2 Å². The molecule has 1 atom stereocenters. The van der Waals surface area contributed by atoms with Gasteiger partial charge in [0.15, 0.2) is 0 Å². The van der Waals surface area contributed by atoms with Crippen molar-refractivity contribution >= 4 is 33.2 Å². The molecule has 3 aromatic carbocycles. The van der Waals surface area contributed by atoms with Crippen LogP contribution in [-0.4, -0.2) is 59.9 Å². The van der Waals surface area contributed by atoms with E-state index in [1.807, 2.05) is 64.4 Å². The van der Waals surface area contributed by atoms with Gasteiger partial charge in [-0.3, -0.25) is 9.59 Å². The van der Waals surface area contributed by atoms with Gasteiger partial charge in [0.1, 0.15) is 0 Å². The van der Waals surface area contributed by atoms with E-state index in [-0.39, 0.29) is 23.9 Å². The lowest BCUT2D eigenvalue weighted by Gasteiger charge is -2.40. The van der Waals surface area contributed by atoms with Crippen LogP contribution >= 0.6 is 11.3 Å². The number of thiophene rings is 1. The normalized spacial score (nSPS) is 18.0. The van der Waals surface area contributed by atoms with Crippen LogP contribution in [0.5, 0.6) is 0 Å². The molecule has 0 radical (unpaired) electrons. The van der Waals surface area contributed by atoms with Gasteiger partial charge >= 0.3 is 6.18 Å². The van der Waals surface area contributed by atoms with E-state index < -0.39 is 11.7 Å². The van der Waals surface area contributed by atoms with Gasteiger partial charge in [-0.15, -0.1) is 11.3 Å². The first kappa shape index (κ1) is 25.6. The fourth-order valence-corrected chi connectivity index (χ4v) is 6.27. The number of hydrogen-bond acceptors (Lipinski definition) is 4. The number of carbonyl (C=O) groups is 2. The van der Waals surface area contributed by atoms with Gasteiger partial charge in [-0.2, -0.15) is 13.2 Å². The molecule has 5 nitrogen and oxygen atoms in total. The number of benzene rings is 3. The van der Waals surface area contributed by atoms with Crippen molar-refractivity contribution in [3.63, 3.8) is 0 Å². The van der Waals surface area contributed by atoms with Gasteiger partial charge in [-0.25, -0.2) is 0 Å². The molecular weight excluding hydrogens is 523 g/mol. The summed E-state index contributed by atoms with van der Waals surface area (Å²) in [4.78, 5) is 30.2. The number of nitrogens with zero attached hydrogens (tertiary/aromatic N) is 2. The van der Waals surface area contributed by atoms with E-state index in [0.29, 0.717) is 35.6 Å². The number of hydrogen-bond donors (Lipinski definition) is 1. The van der Waals surface area contributed by atoms with Crippen LogP contribution in [0.2, 0.25) is 0 Å². The Balaban J connectivity index is 1.04. The van der Waals surface area contributed by atoms with Gasteiger partial charge < -0.3 is 15.1 Å². The highest BCUT2D eigenvalue weighted by Gasteiger charge is 2.35. The van der Waals surface area contributed by atoms with E-state index in [1.54, 1.807) is 0 Å². The predicted molar refractivity (Wildman–Crippen MR) is 146 cm³/mol. The third kappa shape index (κ3) is 5.29. The minimum atomic E-state index is -4.37. The van der Waals surface area contributed by atoms with Crippen LogP contribution in [0.3, 0.4) is 0 Å². The molecule has 200 valence electrons. The molecule has 6 rings (SSSR count). The molecule has 1 aromatic heterocycles. The molecule has 2 aliphatic heterocycles. The maximum atomic E-state index is 13.1. The van der Waals surface area contributed by atoms with Gasteiger partial charge in [-0.1, -0.05) is 36.4 Å². The smallest absolute Gasteiger partial charge is 0.337 e. The Bertz CT molecular complexity index is 1510. The van der Waals surface area contributed by atoms with Crippen LogP contribution in [0, 0.1) is 0 Å². The van der Waals surface area contributed by atoms with E-state index in [4.69, 9.17) is 0 Å². The molecule has 0 unspecified atom stereocenters. The largest absolute Gasteiger partial charge is 0.416 e. The Morgan fingerprint density at radius 3 is 2.21 bits per heavy atom. The van der Waals surface area contributed by atoms with E-state index in [9.17, 15) is 22.8 Å². The molecule has 39 heavy (non-hydrogen) atoms. The summed E-state index contributed by atoms with van der Waals surface area (Å²) in [6, 6.07) is 22.4. The number of halogens is 3. The zero-order valence-electron chi connectivity index (χ0n) is 20.9. The Kier molecular flexibility index (Phi) is 6.64. The summed E-state index contributed by atoms with van der Waals surface area (Å²) in [5, 5.41) is 4.49. The highest BCUT2D eigenvalue weighted by atomic mass is 32.1. The van der Waals surface area contributed by atoms with E-state index in [1.165, 1.54) is 23.5 Å². The number of amides is 2. The highest BCUT2D eigenvalue weighted by Crippen LogP contribution is 2.34. The molecule has 2 aliphatic rings. The second-order valence-corrected chi connectivity index (χ2v) is 11.2. The zero-order chi connectivity index (χ0) is 27.1. The Labute approximate surface area is 227 Å². The lowest BCUT2D eigenvalue weighted by Crippen LogP contribution is -2.61. The molecule has 0 bridgehead atoms. The summed E-state index contributed by atoms with van der Waals surface area (Å²) in [7, 11) is 0. The molecule has 0 spiro atoms. The lowest BCUT2D eigenvalue weighted by molar-refractivity contribution is -0.137. The van der Waals surface area contributed by atoms with Gasteiger partial charge in [0, 0.05) is 48.5 Å². The number of fused-ring (bicyclic) bond motifs is 1. The summed E-state index contributed by atoms with van der Waals surface area (Å²) in [5.74, 6) is 0.0363. The zero-order valence-corrected chi connectivity index (χ0v) is 21.8. The summed E-state index contributed by atoms with van der Waals surface area (Å²) in [6.45, 7) is 2.62. The second-order valence-electron chi connectivity index (χ2n) is 10.1. The number of carbonyl (C=O) groups excluding carboxylic acids is 2. The molecule has 9 heteroatoms. The molecule has 1 N–H and O–H groups in total. The number of rotatable bonds is 5. The summed E-state index contributed by atoms with van der Waals surface area (Å²) in [5.41, 5.74) is 1.52. The molecule has 2 fully saturated rings. The fourth-order valence-electron chi connectivity index (χ4n) is 5.26. The van der Waals surface area contributed by atoms with E-state index in [0.717, 1.165) is 40.7 Å². The third-order valence-corrected chi connectivity index (χ3v) is 8.51. The van der Waals surface area contributed by atoms with Crippen molar-refractivity contribution in [3.05, 3.63) is 94.9 Å². The first-order valence-corrected chi connectivity index (χ1v) is 13.7. The van der Waals surface area contributed by atoms with Crippen molar-refractivity contribution in [3.8, 4) is 11.1 Å². The Morgan fingerprint density at radius 1 is 0.795 bits per heavy atom. The van der Waals surface area contributed by atoms with Gasteiger partial charge in [-0.05, 0) is 65.4 Å². The number of nitrogens with one attached hydrogen (secondary N) is 1.